The first-order valence-electron chi connectivity index (χ1n) is 2.69. The van der Waals surface area contributed by atoms with E-state index in [9.17, 15) is 0 Å². The number of nitrogens with two attached hydrogens (primary N) is 1. The highest BCUT2D eigenvalue weighted by atomic mass is 35.5. The van der Waals surface area contributed by atoms with E-state index in [1.54, 1.807) is 13.2 Å². The van der Waals surface area contributed by atoms with Crippen LogP contribution in [0.2, 0.25) is 5.15 Å². The monoisotopic (exact) mass is 158 g/mol. The summed E-state index contributed by atoms with van der Waals surface area (Å²) in [6, 6.07) is 1.62. The number of nitrogen functional groups attached to an aromatic ring is 1. The topological polar surface area (TPSA) is 48.1 Å². The average Bonchev–Trinajstić information content (AvgIpc) is 1.95. The molecule has 0 bridgehead atoms. The maximum absolute atomic E-state index is 5.55. The van der Waals surface area contributed by atoms with Gasteiger partial charge in [0.05, 0.1) is 19.0 Å². The third kappa shape index (κ3) is 1.30. The normalized spacial score (nSPS) is 9.40. The van der Waals surface area contributed by atoms with Crippen LogP contribution in [0.4, 0.5) is 5.69 Å². The predicted molar refractivity (Wildman–Crippen MR) is 40.2 cm³/mol. The lowest BCUT2D eigenvalue weighted by molar-refractivity contribution is 0.413. The molecule has 54 valence electrons. The molecule has 1 heterocycles. The van der Waals surface area contributed by atoms with Gasteiger partial charge in [0, 0.05) is 6.07 Å². The molecule has 1 aromatic heterocycles. The Labute approximate surface area is 63.8 Å². The van der Waals surface area contributed by atoms with Crippen LogP contribution in [0.5, 0.6) is 5.75 Å². The Balaban J connectivity index is 3.04. The fraction of sp³-hybridized carbons (Fsp3) is 0.167. The van der Waals surface area contributed by atoms with Gasteiger partial charge in [0.2, 0.25) is 0 Å². The van der Waals surface area contributed by atoms with Gasteiger partial charge in [-0.1, -0.05) is 11.6 Å². The van der Waals surface area contributed by atoms with Crippen LogP contribution in [0.1, 0.15) is 0 Å². The van der Waals surface area contributed by atoms with E-state index in [0.29, 0.717) is 16.6 Å². The minimum atomic E-state index is 0.306. The van der Waals surface area contributed by atoms with Crippen LogP contribution in [0.25, 0.3) is 0 Å². The minimum absolute atomic E-state index is 0.306. The average molecular weight is 159 g/mol. The molecule has 0 radical (unpaired) electrons. The standard InChI is InChI=1S/C6H7ClN2O/c1-10-4-2-5(8)6(7)9-3-4/h2-3H,8H2,1H3. The van der Waals surface area contributed by atoms with E-state index in [1.807, 2.05) is 0 Å². The zero-order valence-electron chi connectivity index (χ0n) is 5.47. The second kappa shape index (κ2) is 2.75. The number of methoxy groups -OCH3 is 1. The van der Waals surface area contributed by atoms with Crippen molar-refractivity contribution in [2.75, 3.05) is 12.8 Å². The number of nitrogens with zero attached hydrogens (tertiary/aromatic N) is 1. The van der Waals surface area contributed by atoms with Crippen molar-refractivity contribution in [1.82, 2.24) is 4.98 Å². The predicted octanol–water partition coefficient (Wildman–Crippen LogP) is 1.33. The van der Waals surface area contributed by atoms with Crippen LogP contribution in [-0.4, -0.2) is 12.1 Å². The van der Waals surface area contributed by atoms with Crippen LogP contribution >= 0.6 is 11.6 Å². The Morgan fingerprint density at radius 2 is 2.40 bits per heavy atom. The molecule has 0 saturated carbocycles. The quantitative estimate of drug-likeness (QED) is 0.628. The molecule has 0 aliphatic rings. The first-order chi connectivity index (χ1) is 4.74. The molecule has 0 unspecified atom stereocenters. The molecule has 0 aliphatic heterocycles. The molecule has 2 N–H and O–H groups in total. The first-order valence-corrected chi connectivity index (χ1v) is 3.07. The van der Waals surface area contributed by atoms with Crippen molar-refractivity contribution in [1.29, 1.82) is 0 Å². The third-order valence-corrected chi connectivity index (χ3v) is 1.39. The summed E-state index contributed by atoms with van der Waals surface area (Å²) in [6.45, 7) is 0. The summed E-state index contributed by atoms with van der Waals surface area (Å²) in [4.78, 5) is 3.76. The zero-order chi connectivity index (χ0) is 7.56. The van der Waals surface area contributed by atoms with E-state index in [2.05, 4.69) is 4.98 Å². The highest BCUT2D eigenvalue weighted by Gasteiger charge is 1.97. The lowest BCUT2D eigenvalue weighted by atomic mass is 10.4. The van der Waals surface area contributed by atoms with Gasteiger partial charge in [0.15, 0.2) is 5.15 Å². The highest BCUT2D eigenvalue weighted by Crippen LogP contribution is 2.19. The van der Waals surface area contributed by atoms with Gasteiger partial charge in [-0.2, -0.15) is 0 Å². The van der Waals surface area contributed by atoms with E-state index in [4.69, 9.17) is 22.1 Å². The molecule has 10 heavy (non-hydrogen) atoms. The zero-order valence-corrected chi connectivity index (χ0v) is 6.22. The SMILES string of the molecule is COc1cnc(Cl)c(N)c1. The second-order valence-electron chi connectivity index (χ2n) is 1.76. The number of pyridine rings is 1. The lowest BCUT2D eigenvalue weighted by Gasteiger charge is -1.99. The first kappa shape index (κ1) is 7.15. The van der Waals surface area contributed by atoms with Gasteiger partial charge in [0.25, 0.3) is 0 Å². The van der Waals surface area contributed by atoms with Crippen LogP contribution in [0, 0.1) is 0 Å². The maximum Gasteiger partial charge on any atom is 0.152 e. The van der Waals surface area contributed by atoms with Crippen molar-refractivity contribution in [2.24, 2.45) is 0 Å². The van der Waals surface area contributed by atoms with Crippen molar-refractivity contribution >= 4 is 17.3 Å². The molecule has 1 rings (SSSR count). The van der Waals surface area contributed by atoms with Crippen molar-refractivity contribution in [3.8, 4) is 5.75 Å². The van der Waals surface area contributed by atoms with Crippen LogP contribution in [0.15, 0.2) is 12.3 Å². The van der Waals surface area contributed by atoms with Crippen molar-refractivity contribution in [3.05, 3.63) is 17.4 Å². The lowest BCUT2D eigenvalue weighted by Crippen LogP contribution is -1.91. The summed E-state index contributed by atoms with van der Waals surface area (Å²) in [5.74, 6) is 0.613. The van der Waals surface area contributed by atoms with E-state index in [1.165, 1.54) is 6.20 Å². The molecule has 0 fully saturated rings. The van der Waals surface area contributed by atoms with Crippen LogP contribution < -0.4 is 10.5 Å². The molecule has 3 nitrogen and oxygen atoms in total. The Morgan fingerprint density at radius 1 is 1.70 bits per heavy atom. The third-order valence-electron chi connectivity index (χ3n) is 1.08. The Hall–Kier alpha value is -0.960. The molecule has 0 saturated heterocycles. The maximum atomic E-state index is 5.55. The number of rotatable bonds is 1. The van der Waals surface area contributed by atoms with E-state index >= 15 is 0 Å². The minimum Gasteiger partial charge on any atom is -0.495 e. The summed E-state index contributed by atoms with van der Waals surface area (Å²) >= 11 is 5.55. The smallest absolute Gasteiger partial charge is 0.152 e. The molecule has 0 atom stereocenters. The number of halogens is 1. The van der Waals surface area contributed by atoms with E-state index in [-0.39, 0.29) is 0 Å². The molecule has 0 amide bonds. The summed E-state index contributed by atoms with van der Waals surface area (Å²) in [5.41, 5.74) is 5.85. The van der Waals surface area contributed by atoms with Gasteiger partial charge in [-0.3, -0.25) is 0 Å². The largest absolute Gasteiger partial charge is 0.495 e. The Morgan fingerprint density at radius 3 is 2.90 bits per heavy atom. The number of ether oxygens (including phenoxy) is 1. The molecule has 0 spiro atoms. The van der Waals surface area contributed by atoms with Gasteiger partial charge in [-0.05, 0) is 0 Å². The summed E-state index contributed by atoms with van der Waals surface area (Å²) in [5, 5.41) is 0.306. The Kier molecular flexibility index (Phi) is 1.97. The van der Waals surface area contributed by atoms with Gasteiger partial charge in [0.1, 0.15) is 5.75 Å². The molecule has 0 aliphatic carbocycles. The van der Waals surface area contributed by atoms with Gasteiger partial charge in [-0.25, -0.2) is 4.98 Å². The summed E-state index contributed by atoms with van der Waals surface area (Å²) in [6.07, 6.45) is 1.51. The highest BCUT2D eigenvalue weighted by molar-refractivity contribution is 6.31. The Bertz CT molecular complexity index is 239. The number of hydrogen-bond donors (Lipinski definition) is 1. The van der Waals surface area contributed by atoms with Crippen LogP contribution in [-0.2, 0) is 0 Å². The second-order valence-corrected chi connectivity index (χ2v) is 2.11. The number of aromatic nitrogens is 1. The number of anilines is 1. The van der Waals surface area contributed by atoms with Crippen molar-refractivity contribution < 1.29 is 4.74 Å². The summed E-state index contributed by atoms with van der Waals surface area (Å²) < 4.78 is 4.85. The van der Waals surface area contributed by atoms with E-state index < -0.39 is 0 Å². The molecular formula is C6H7ClN2O. The number of hydrogen-bond acceptors (Lipinski definition) is 3. The van der Waals surface area contributed by atoms with Gasteiger partial charge in [-0.15, -0.1) is 0 Å². The summed E-state index contributed by atoms with van der Waals surface area (Å²) in [7, 11) is 1.55. The molecule has 0 aromatic carbocycles. The fourth-order valence-electron chi connectivity index (χ4n) is 0.557. The van der Waals surface area contributed by atoms with Gasteiger partial charge < -0.3 is 10.5 Å². The molecule has 4 heteroatoms. The fourth-order valence-corrected chi connectivity index (χ4v) is 0.660. The van der Waals surface area contributed by atoms with Crippen LogP contribution in [0.3, 0.4) is 0 Å². The van der Waals surface area contributed by atoms with Gasteiger partial charge >= 0.3 is 0 Å². The molecular weight excluding hydrogens is 152 g/mol. The van der Waals surface area contributed by atoms with Crippen molar-refractivity contribution in [2.45, 2.75) is 0 Å². The van der Waals surface area contributed by atoms with E-state index in [0.717, 1.165) is 0 Å². The molecule has 1 aromatic rings. The van der Waals surface area contributed by atoms with Crippen molar-refractivity contribution in [3.63, 3.8) is 0 Å².